The lowest BCUT2D eigenvalue weighted by molar-refractivity contribution is -0.154. The lowest BCUT2D eigenvalue weighted by atomic mass is 10.1. The van der Waals surface area contributed by atoms with Crippen molar-refractivity contribution in [3.63, 3.8) is 0 Å². The van der Waals surface area contributed by atoms with Crippen molar-refractivity contribution in [3.8, 4) is 17.6 Å². The second-order valence-corrected chi connectivity index (χ2v) is 10.7. The Balaban J connectivity index is 1.40. The Morgan fingerprint density at radius 3 is 1.95 bits per heavy atom. The molecule has 4 aromatic rings. The van der Waals surface area contributed by atoms with Crippen LogP contribution in [0.25, 0.3) is 0 Å². The molecule has 0 aromatic heterocycles. The number of hydrogen-bond donors (Lipinski definition) is 0. The highest BCUT2D eigenvalue weighted by Gasteiger charge is 2.28. The molecular formula is C31H24F3O3S+. The van der Waals surface area contributed by atoms with Gasteiger partial charge in [0, 0.05) is 6.07 Å². The molecule has 0 aliphatic carbocycles. The Labute approximate surface area is 222 Å². The Morgan fingerprint density at radius 1 is 0.816 bits per heavy atom. The first-order valence-corrected chi connectivity index (χ1v) is 12.9. The summed E-state index contributed by atoms with van der Waals surface area (Å²) in [5, 5.41) is 0. The lowest BCUT2D eigenvalue weighted by Gasteiger charge is -2.19. The summed E-state index contributed by atoms with van der Waals surface area (Å²) in [6.07, 6.45) is 0. The van der Waals surface area contributed by atoms with Gasteiger partial charge in [0.15, 0.2) is 38.5 Å². The number of hydrogen-bond acceptors (Lipinski definition) is 3. The Bertz CT molecular complexity index is 1420. The molecule has 4 rings (SSSR count). The molecule has 192 valence electrons. The van der Waals surface area contributed by atoms with E-state index in [1.54, 1.807) is 12.1 Å². The molecule has 7 heteroatoms. The minimum atomic E-state index is -1.35. The molecule has 3 nitrogen and oxygen atoms in total. The maximum atomic E-state index is 13.8. The van der Waals surface area contributed by atoms with Gasteiger partial charge in [-0.15, -0.1) is 0 Å². The second-order valence-electron chi connectivity index (χ2n) is 8.68. The number of rotatable bonds is 7. The van der Waals surface area contributed by atoms with Gasteiger partial charge in [0.25, 0.3) is 0 Å². The molecule has 0 aliphatic rings. The van der Waals surface area contributed by atoms with Crippen LogP contribution in [0, 0.1) is 29.3 Å². The first kappa shape index (κ1) is 26.9. The highest BCUT2D eigenvalue weighted by Crippen LogP contribution is 2.32. The van der Waals surface area contributed by atoms with Crippen LogP contribution in [0.4, 0.5) is 13.2 Å². The molecule has 0 saturated heterocycles. The summed E-state index contributed by atoms with van der Waals surface area (Å²) in [6, 6.07) is 29.1. The van der Waals surface area contributed by atoms with Crippen LogP contribution >= 0.6 is 0 Å². The van der Waals surface area contributed by atoms with Gasteiger partial charge >= 0.3 is 5.97 Å². The molecule has 0 bridgehead atoms. The molecule has 38 heavy (non-hydrogen) atoms. The Hall–Kier alpha value is -4.15. The molecule has 0 amide bonds. The van der Waals surface area contributed by atoms with E-state index < -0.39 is 34.6 Å². The Morgan fingerprint density at radius 2 is 1.37 bits per heavy atom. The van der Waals surface area contributed by atoms with Gasteiger partial charge in [-0.1, -0.05) is 48.2 Å². The van der Waals surface area contributed by atoms with E-state index in [2.05, 4.69) is 36.1 Å². The van der Waals surface area contributed by atoms with E-state index in [4.69, 9.17) is 9.47 Å². The van der Waals surface area contributed by atoms with E-state index in [1.807, 2.05) is 48.5 Å². The number of benzene rings is 4. The van der Waals surface area contributed by atoms with Crippen LogP contribution < -0.4 is 4.74 Å². The van der Waals surface area contributed by atoms with Crippen molar-refractivity contribution in [2.45, 2.75) is 34.1 Å². The van der Waals surface area contributed by atoms with Gasteiger partial charge in [-0.05, 0) is 68.4 Å². The molecule has 0 radical (unpaired) electrons. The number of esters is 1. The zero-order valence-corrected chi connectivity index (χ0v) is 21.5. The third kappa shape index (κ3) is 6.99. The maximum absolute atomic E-state index is 13.8. The average Bonchev–Trinajstić information content (AvgIpc) is 2.90. The highest BCUT2D eigenvalue weighted by atomic mass is 32.2. The fraction of sp³-hybridized carbons (Fsp3) is 0.129. The van der Waals surface area contributed by atoms with Crippen molar-refractivity contribution < 1.29 is 27.4 Å². The standard InChI is InChI=1S/C31H24F3O3S/c1-31(2,18-17-22-19-23(32)20-28(33)30(22)34)37-29(35)21-36-24-13-15-27(16-14-24)38(25-9-5-3-6-10-25)26-11-7-4-8-12-26/h3-16,19-20H,21H2,1-2H3/q+1. The van der Waals surface area contributed by atoms with Crippen LogP contribution in [-0.4, -0.2) is 18.2 Å². The first-order chi connectivity index (χ1) is 18.2. The summed E-state index contributed by atoms with van der Waals surface area (Å²) < 4.78 is 51.5. The topological polar surface area (TPSA) is 35.5 Å². The van der Waals surface area contributed by atoms with Gasteiger partial charge in [-0.25, -0.2) is 18.0 Å². The average molecular weight is 534 g/mol. The molecule has 0 saturated carbocycles. The van der Waals surface area contributed by atoms with Crippen molar-refractivity contribution in [2.24, 2.45) is 0 Å². The molecule has 0 fully saturated rings. The van der Waals surface area contributed by atoms with Crippen molar-refractivity contribution in [2.75, 3.05) is 6.61 Å². The van der Waals surface area contributed by atoms with Crippen LogP contribution in [0.1, 0.15) is 19.4 Å². The van der Waals surface area contributed by atoms with Crippen LogP contribution in [0.5, 0.6) is 5.75 Å². The molecule has 0 N–H and O–H groups in total. The third-order valence-electron chi connectivity index (χ3n) is 5.23. The molecule has 0 heterocycles. The minimum absolute atomic E-state index is 0.308. The van der Waals surface area contributed by atoms with Gasteiger partial charge < -0.3 is 9.47 Å². The zero-order valence-electron chi connectivity index (χ0n) is 20.7. The molecule has 4 aromatic carbocycles. The smallest absolute Gasteiger partial charge is 0.345 e. The molecule has 0 atom stereocenters. The molecule has 0 spiro atoms. The summed E-state index contributed by atoms with van der Waals surface area (Å²) in [5.74, 6) is 1.08. The number of halogens is 3. The number of ether oxygens (including phenoxy) is 2. The normalized spacial score (nSPS) is 11.0. The fourth-order valence-corrected chi connectivity index (χ4v) is 5.62. The van der Waals surface area contributed by atoms with Crippen LogP contribution in [0.2, 0.25) is 0 Å². The second kappa shape index (κ2) is 11.9. The predicted octanol–water partition coefficient (Wildman–Crippen LogP) is 6.95. The quantitative estimate of drug-likeness (QED) is 0.112. The van der Waals surface area contributed by atoms with E-state index in [1.165, 1.54) is 23.6 Å². The summed E-state index contributed by atoms with van der Waals surface area (Å²) in [5.41, 5.74) is -1.81. The highest BCUT2D eigenvalue weighted by molar-refractivity contribution is 7.97. The minimum Gasteiger partial charge on any atom is -0.482 e. The van der Waals surface area contributed by atoms with Gasteiger partial charge in [-0.3, -0.25) is 0 Å². The van der Waals surface area contributed by atoms with Crippen molar-refractivity contribution in [1.29, 1.82) is 0 Å². The van der Waals surface area contributed by atoms with Crippen molar-refractivity contribution in [3.05, 3.63) is 120 Å². The SMILES string of the molecule is CC(C)(C#Cc1cc(F)cc(F)c1F)OC(=O)COc1ccc([S+](c2ccccc2)c2ccccc2)cc1. The van der Waals surface area contributed by atoms with Crippen molar-refractivity contribution in [1.82, 2.24) is 0 Å². The van der Waals surface area contributed by atoms with Gasteiger partial charge in [-0.2, -0.15) is 0 Å². The third-order valence-corrected chi connectivity index (χ3v) is 7.46. The summed E-state index contributed by atoms with van der Waals surface area (Å²) in [4.78, 5) is 15.8. The van der Waals surface area contributed by atoms with E-state index in [0.717, 1.165) is 11.0 Å². The van der Waals surface area contributed by atoms with Crippen LogP contribution in [-0.2, 0) is 20.4 Å². The maximum Gasteiger partial charge on any atom is 0.345 e. The fourth-order valence-electron chi connectivity index (χ4n) is 3.54. The van der Waals surface area contributed by atoms with Gasteiger partial charge in [0.05, 0.1) is 16.5 Å². The first-order valence-electron chi connectivity index (χ1n) is 11.7. The Kier molecular flexibility index (Phi) is 8.45. The van der Waals surface area contributed by atoms with E-state index in [0.29, 0.717) is 11.8 Å². The molecular weight excluding hydrogens is 509 g/mol. The summed E-state index contributed by atoms with van der Waals surface area (Å²) in [7, 11) is -0.308. The summed E-state index contributed by atoms with van der Waals surface area (Å²) in [6.45, 7) is 2.58. The number of carbonyl (C=O) groups excluding carboxylic acids is 1. The number of carbonyl (C=O) groups is 1. The predicted molar refractivity (Wildman–Crippen MR) is 140 cm³/mol. The van der Waals surface area contributed by atoms with E-state index >= 15 is 0 Å². The van der Waals surface area contributed by atoms with Crippen molar-refractivity contribution >= 4 is 16.9 Å². The van der Waals surface area contributed by atoms with Gasteiger partial charge in [0.2, 0.25) is 0 Å². The van der Waals surface area contributed by atoms with E-state index in [9.17, 15) is 18.0 Å². The van der Waals surface area contributed by atoms with Crippen LogP contribution in [0.3, 0.4) is 0 Å². The van der Waals surface area contributed by atoms with Crippen LogP contribution in [0.15, 0.2) is 112 Å². The van der Waals surface area contributed by atoms with Gasteiger partial charge in [0.1, 0.15) is 11.6 Å². The zero-order chi connectivity index (χ0) is 27.1. The largest absolute Gasteiger partial charge is 0.482 e. The van der Waals surface area contributed by atoms with E-state index in [-0.39, 0.29) is 17.5 Å². The molecule has 0 aliphatic heterocycles. The monoisotopic (exact) mass is 533 g/mol. The molecule has 0 unspecified atom stereocenters. The lowest BCUT2D eigenvalue weighted by Crippen LogP contribution is -2.29. The summed E-state index contributed by atoms with van der Waals surface area (Å²) >= 11 is 0.